The number of hydrogen-bond acceptors (Lipinski definition) is 3. The molecule has 0 unspecified atom stereocenters. The van der Waals surface area contributed by atoms with E-state index in [2.05, 4.69) is 18.1 Å². The van der Waals surface area contributed by atoms with E-state index in [-0.39, 0.29) is 22.9 Å². The number of carbonyl (C=O) groups is 1. The molecule has 2 aliphatic carbocycles. The van der Waals surface area contributed by atoms with Crippen molar-refractivity contribution in [1.29, 1.82) is 0 Å². The van der Waals surface area contributed by atoms with Crippen LogP contribution in [-0.4, -0.2) is 26.9 Å². The lowest BCUT2D eigenvalue weighted by Crippen LogP contribution is -2.32. The summed E-state index contributed by atoms with van der Waals surface area (Å²) < 4.78 is 27.6. The Balaban J connectivity index is 0.000000185. The minimum atomic E-state index is -0.577. The molecule has 172 valence electrons. The van der Waals surface area contributed by atoms with E-state index in [1.54, 1.807) is 18.2 Å². The van der Waals surface area contributed by atoms with E-state index >= 15 is 0 Å². The van der Waals surface area contributed by atoms with Crippen molar-refractivity contribution in [3.63, 3.8) is 0 Å². The second kappa shape index (κ2) is 8.90. The first-order chi connectivity index (χ1) is 15.7. The lowest BCUT2D eigenvalue weighted by atomic mass is 9.74. The van der Waals surface area contributed by atoms with Gasteiger partial charge in [-0.25, -0.2) is 13.5 Å². The summed E-state index contributed by atoms with van der Waals surface area (Å²) in [7, 11) is 0. The molecule has 1 amide bonds. The molecule has 1 fully saturated rings. The molecule has 33 heavy (non-hydrogen) atoms. The van der Waals surface area contributed by atoms with Crippen LogP contribution in [0, 0.1) is 17.0 Å². The number of primary amides is 1. The van der Waals surface area contributed by atoms with Gasteiger partial charge in [-0.15, -0.1) is 0 Å². The van der Waals surface area contributed by atoms with Crippen LogP contribution >= 0.6 is 0 Å². The summed E-state index contributed by atoms with van der Waals surface area (Å²) in [5, 5.41) is 14.7. The predicted molar refractivity (Wildman–Crippen MR) is 123 cm³/mol. The summed E-state index contributed by atoms with van der Waals surface area (Å²) in [6.07, 6.45) is 7.01. The van der Waals surface area contributed by atoms with Crippen LogP contribution < -0.4 is 5.73 Å². The third-order valence-corrected chi connectivity index (χ3v) is 6.70. The molecule has 2 aromatic carbocycles. The van der Waals surface area contributed by atoms with E-state index in [9.17, 15) is 18.7 Å². The molecule has 7 heteroatoms. The van der Waals surface area contributed by atoms with Gasteiger partial charge in [0.15, 0.2) is 0 Å². The molecule has 3 N–H and O–H groups in total. The average molecular weight is 452 g/mol. The Bertz CT molecular complexity index is 1220. The fourth-order valence-electron chi connectivity index (χ4n) is 4.70. The van der Waals surface area contributed by atoms with E-state index in [1.807, 2.05) is 17.8 Å². The molecular weight excluding hydrogens is 424 g/mol. The van der Waals surface area contributed by atoms with Gasteiger partial charge in [0.25, 0.3) is 0 Å². The molecule has 0 bridgehead atoms. The minimum Gasteiger partial charge on any atom is -0.392 e. The summed E-state index contributed by atoms with van der Waals surface area (Å²) >= 11 is 0. The number of hydrogen-bond donors (Lipinski definition) is 2. The number of rotatable bonds is 3. The molecule has 2 atom stereocenters. The maximum Gasteiger partial charge on any atom is 0.249 e. The van der Waals surface area contributed by atoms with Gasteiger partial charge in [0.2, 0.25) is 5.91 Å². The second-order valence-corrected chi connectivity index (χ2v) is 8.78. The summed E-state index contributed by atoms with van der Waals surface area (Å²) in [5.74, 6) is -1.25. The van der Waals surface area contributed by atoms with Crippen molar-refractivity contribution < 1.29 is 18.7 Å². The Morgan fingerprint density at radius 1 is 1.21 bits per heavy atom. The normalized spacial score (nSPS) is 20.9. The zero-order valence-corrected chi connectivity index (χ0v) is 18.7. The first-order valence-electron chi connectivity index (χ1n) is 11.0. The van der Waals surface area contributed by atoms with Crippen molar-refractivity contribution in [2.24, 2.45) is 11.1 Å². The number of nitrogens with two attached hydrogens (primary N) is 1. The highest BCUT2D eigenvalue weighted by Gasteiger charge is 2.44. The molecule has 3 aromatic rings. The van der Waals surface area contributed by atoms with Gasteiger partial charge in [-0.05, 0) is 79.3 Å². The Morgan fingerprint density at radius 2 is 1.91 bits per heavy atom. The molecular formula is C26H27F2N3O2. The number of aliphatic hydroxyl groups is 1. The van der Waals surface area contributed by atoms with Crippen LogP contribution in [0.5, 0.6) is 0 Å². The number of aryl methyl sites for hydroxylation is 1. The van der Waals surface area contributed by atoms with Crippen LogP contribution in [0.15, 0.2) is 54.2 Å². The van der Waals surface area contributed by atoms with Gasteiger partial charge in [-0.1, -0.05) is 25.5 Å². The SMILES string of the molecule is CCc1ccc(F)cc1C(N)=O.C[C@]12Cc3cnn(-c4ccc(F)cc4)c3C=C1CC[C@@H]2O. The zero-order valence-electron chi connectivity index (χ0n) is 18.7. The highest BCUT2D eigenvalue weighted by molar-refractivity contribution is 5.94. The molecule has 1 aromatic heterocycles. The second-order valence-electron chi connectivity index (χ2n) is 8.78. The predicted octanol–water partition coefficient (Wildman–Crippen LogP) is 4.60. The number of amides is 1. The molecule has 5 nitrogen and oxygen atoms in total. The Morgan fingerprint density at radius 3 is 2.58 bits per heavy atom. The molecule has 0 saturated heterocycles. The zero-order chi connectivity index (χ0) is 23.8. The molecule has 1 heterocycles. The Kier molecular flexibility index (Phi) is 6.17. The van der Waals surface area contributed by atoms with Crippen molar-refractivity contribution in [1.82, 2.24) is 9.78 Å². The van der Waals surface area contributed by atoms with E-state index in [0.717, 1.165) is 41.8 Å². The van der Waals surface area contributed by atoms with E-state index in [0.29, 0.717) is 6.42 Å². The van der Waals surface area contributed by atoms with E-state index < -0.39 is 11.7 Å². The summed E-state index contributed by atoms with van der Waals surface area (Å²) in [4.78, 5) is 10.8. The van der Waals surface area contributed by atoms with E-state index in [4.69, 9.17) is 5.73 Å². The van der Waals surface area contributed by atoms with Crippen molar-refractivity contribution in [3.8, 4) is 5.69 Å². The fourth-order valence-corrected chi connectivity index (χ4v) is 4.70. The number of fused-ring (bicyclic) bond motifs is 2. The maximum absolute atomic E-state index is 13.1. The van der Waals surface area contributed by atoms with Crippen LogP contribution in [0.4, 0.5) is 8.78 Å². The van der Waals surface area contributed by atoms with Crippen LogP contribution in [0.3, 0.4) is 0 Å². The van der Waals surface area contributed by atoms with Gasteiger partial charge in [0.05, 0.1) is 23.7 Å². The van der Waals surface area contributed by atoms with Crippen LogP contribution in [0.2, 0.25) is 0 Å². The molecule has 0 spiro atoms. The lowest BCUT2D eigenvalue weighted by molar-refractivity contribution is 0.0836. The van der Waals surface area contributed by atoms with Gasteiger partial charge in [-0.3, -0.25) is 4.79 Å². The first-order valence-corrected chi connectivity index (χ1v) is 11.0. The summed E-state index contributed by atoms with van der Waals surface area (Å²) in [6, 6.07) is 10.4. The highest BCUT2D eigenvalue weighted by atomic mass is 19.1. The van der Waals surface area contributed by atoms with Crippen molar-refractivity contribution >= 4 is 12.0 Å². The third kappa shape index (κ3) is 4.33. The van der Waals surface area contributed by atoms with Crippen LogP contribution in [0.25, 0.3) is 11.8 Å². The van der Waals surface area contributed by atoms with Crippen LogP contribution in [0.1, 0.15) is 53.9 Å². The highest BCUT2D eigenvalue weighted by Crippen LogP contribution is 2.49. The molecule has 0 aliphatic heterocycles. The van der Waals surface area contributed by atoms with Gasteiger partial charge in [0.1, 0.15) is 11.6 Å². The molecule has 1 saturated carbocycles. The van der Waals surface area contributed by atoms with Gasteiger partial charge < -0.3 is 10.8 Å². The number of aliphatic hydroxyl groups excluding tert-OH is 1. The Hall–Kier alpha value is -3.32. The summed E-state index contributed by atoms with van der Waals surface area (Å²) in [5.41, 5.74) is 10.3. The van der Waals surface area contributed by atoms with E-state index in [1.165, 1.54) is 29.8 Å². The third-order valence-electron chi connectivity index (χ3n) is 6.70. The molecule has 0 radical (unpaired) electrons. The lowest BCUT2D eigenvalue weighted by Gasteiger charge is -2.33. The quantitative estimate of drug-likeness (QED) is 0.611. The van der Waals surface area contributed by atoms with Crippen molar-refractivity contribution in [3.05, 3.63) is 88.3 Å². The molecule has 5 rings (SSSR count). The van der Waals surface area contributed by atoms with Gasteiger partial charge in [-0.2, -0.15) is 5.10 Å². The smallest absolute Gasteiger partial charge is 0.249 e. The first kappa shape index (κ1) is 22.9. The fraction of sp³-hybridized carbons (Fsp3) is 0.308. The average Bonchev–Trinajstić information content (AvgIpc) is 3.32. The number of benzene rings is 2. The van der Waals surface area contributed by atoms with Crippen molar-refractivity contribution in [2.75, 3.05) is 0 Å². The topological polar surface area (TPSA) is 81.1 Å². The van der Waals surface area contributed by atoms with Crippen molar-refractivity contribution in [2.45, 2.75) is 45.6 Å². The monoisotopic (exact) mass is 451 g/mol. The number of nitrogens with zero attached hydrogens (tertiary/aromatic N) is 2. The summed E-state index contributed by atoms with van der Waals surface area (Å²) in [6.45, 7) is 4.02. The van der Waals surface area contributed by atoms with Crippen LogP contribution in [-0.2, 0) is 12.8 Å². The number of halogens is 2. The molecule has 2 aliphatic rings. The standard InChI is InChI=1S/C17H17FN2O.C9H10FNO/c1-17-9-11-10-19-20(14-5-3-13(18)4-6-14)15(11)8-12(17)2-7-16(17)21;1-2-6-3-4-7(10)5-8(6)9(11)12/h3-6,8,10,16,21H,2,7,9H2,1H3;3-5H,2H2,1H3,(H2,11,12)/t16-,17-;/m0./s1. The van der Waals surface area contributed by atoms with Gasteiger partial charge >= 0.3 is 0 Å². The largest absolute Gasteiger partial charge is 0.392 e. The maximum atomic E-state index is 13.1. The Labute approximate surface area is 191 Å². The number of aromatic nitrogens is 2. The van der Waals surface area contributed by atoms with Gasteiger partial charge in [0, 0.05) is 11.0 Å². The number of carbonyl (C=O) groups excluding carboxylic acids is 1. The minimum absolute atomic E-state index is 0.149.